The second-order valence-corrected chi connectivity index (χ2v) is 9.13. The molecule has 1 aliphatic rings. The number of carbonyl (C=O) groups excluding carboxylic acids is 1. The van der Waals surface area contributed by atoms with E-state index in [0.29, 0.717) is 30.0 Å². The highest BCUT2D eigenvalue weighted by atomic mass is 32.2. The number of tetrazole rings is 1. The van der Waals surface area contributed by atoms with Gasteiger partial charge in [0, 0.05) is 24.3 Å². The smallest absolute Gasteiger partial charge is 0.248 e. The van der Waals surface area contributed by atoms with E-state index >= 15 is 0 Å². The normalized spacial score (nSPS) is 14.9. The number of aryl methyl sites for hydroxylation is 1. The lowest BCUT2D eigenvalue weighted by Gasteiger charge is -2.26. The molecule has 0 unspecified atom stereocenters. The maximum absolute atomic E-state index is 13.4. The van der Waals surface area contributed by atoms with Crippen molar-refractivity contribution in [2.45, 2.75) is 18.4 Å². The number of amides is 1. The van der Waals surface area contributed by atoms with Gasteiger partial charge in [-0.05, 0) is 42.0 Å². The van der Waals surface area contributed by atoms with E-state index in [1.807, 2.05) is 0 Å². The Morgan fingerprint density at radius 2 is 1.97 bits per heavy atom. The van der Waals surface area contributed by atoms with E-state index in [2.05, 4.69) is 20.7 Å². The average Bonchev–Trinajstić information content (AvgIpc) is 3.24. The van der Waals surface area contributed by atoms with Crippen molar-refractivity contribution in [3.8, 4) is 11.4 Å². The Labute approximate surface area is 184 Å². The molecule has 2 aromatic carbocycles. The number of aromatic nitrogens is 4. The summed E-state index contributed by atoms with van der Waals surface area (Å²) in [5.74, 6) is -0.705. The number of carbonyl (C=O) groups is 1. The summed E-state index contributed by atoms with van der Waals surface area (Å²) < 4.78 is 45.7. The summed E-state index contributed by atoms with van der Waals surface area (Å²) in [4.78, 5) is 13.7. The van der Waals surface area contributed by atoms with Crippen molar-refractivity contribution < 1.29 is 22.3 Å². The van der Waals surface area contributed by atoms with Gasteiger partial charge in [0.25, 0.3) is 0 Å². The molecule has 0 spiro atoms. The summed E-state index contributed by atoms with van der Waals surface area (Å²) in [6, 6.07) is 10.3. The molecular weight excluding hydrogens is 439 g/mol. The van der Waals surface area contributed by atoms with E-state index in [1.54, 1.807) is 19.1 Å². The van der Waals surface area contributed by atoms with Gasteiger partial charge in [0.2, 0.25) is 21.8 Å². The largest absolute Gasteiger partial charge is 0.379 e. The number of ether oxygens (including phenoxy) is 1. The summed E-state index contributed by atoms with van der Waals surface area (Å²) in [6.45, 7) is 2.76. The minimum Gasteiger partial charge on any atom is -0.379 e. The van der Waals surface area contributed by atoms with Crippen LogP contribution >= 0.6 is 0 Å². The van der Waals surface area contributed by atoms with Gasteiger partial charge in [0.15, 0.2) is 0 Å². The number of anilines is 1. The van der Waals surface area contributed by atoms with Crippen LogP contribution in [0.25, 0.3) is 11.4 Å². The molecule has 2 heterocycles. The third-order valence-corrected chi connectivity index (χ3v) is 6.81. The van der Waals surface area contributed by atoms with Crippen LogP contribution < -0.4 is 5.32 Å². The maximum atomic E-state index is 13.4. The van der Waals surface area contributed by atoms with Crippen LogP contribution in [0.3, 0.4) is 0 Å². The standard InChI is InChI=1S/C20H21FN6O4S/c1-14-5-6-17(32(29,30)26-7-9-31-10-8-26)12-18(14)22-19(28)13-27-24-20(23-25-27)15-3-2-4-16(21)11-15/h2-6,11-12H,7-10,13H2,1H3,(H,22,28). The first-order chi connectivity index (χ1) is 15.3. The van der Waals surface area contributed by atoms with Crippen LogP contribution in [0.1, 0.15) is 5.56 Å². The van der Waals surface area contributed by atoms with E-state index < -0.39 is 21.7 Å². The highest BCUT2D eigenvalue weighted by molar-refractivity contribution is 7.89. The van der Waals surface area contributed by atoms with Crippen LogP contribution in [0.5, 0.6) is 0 Å². The van der Waals surface area contributed by atoms with Crippen molar-refractivity contribution in [3.05, 3.63) is 53.8 Å². The Bertz CT molecular complexity index is 1240. The average molecular weight is 460 g/mol. The van der Waals surface area contributed by atoms with E-state index in [0.717, 1.165) is 4.80 Å². The van der Waals surface area contributed by atoms with E-state index in [1.165, 1.54) is 34.6 Å². The van der Waals surface area contributed by atoms with Gasteiger partial charge in [0.1, 0.15) is 12.4 Å². The molecular formula is C20H21FN6O4S. The molecule has 3 aromatic rings. The number of halogens is 1. The van der Waals surface area contributed by atoms with E-state index in [-0.39, 0.29) is 30.4 Å². The zero-order chi connectivity index (χ0) is 22.7. The molecule has 0 radical (unpaired) electrons. The number of nitrogens with one attached hydrogen (secondary N) is 1. The molecule has 1 aliphatic heterocycles. The van der Waals surface area contributed by atoms with Crippen molar-refractivity contribution in [1.82, 2.24) is 24.5 Å². The molecule has 0 atom stereocenters. The van der Waals surface area contributed by atoms with Crippen molar-refractivity contribution in [1.29, 1.82) is 0 Å². The summed E-state index contributed by atoms with van der Waals surface area (Å²) in [7, 11) is -3.70. The Morgan fingerprint density at radius 1 is 1.19 bits per heavy atom. The Morgan fingerprint density at radius 3 is 2.72 bits per heavy atom. The van der Waals surface area contributed by atoms with Crippen molar-refractivity contribution in [3.63, 3.8) is 0 Å². The topological polar surface area (TPSA) is 119 Å². The zero-order valence-electron chi connectivity index (χ0n) is 17.2. The highest BCUT2D eigenvalue weighted by Crippen LogP contribution is 2.24. The minimum absolute atomic E-state index is 0.0903. The fourth-order valence-electron chi connectivity index (χ4n) is 3.20. The number of nitrogens with zero attached hydrogens (tertiary/aromatic N) is 5. The quantitative estimate of drug-likeness (QED) is 0.591. The maximum Gasteiger partial charge on any atom is 0.248 e. The number of morpholine rings is 1. The number of hydrogen-bond donors (Lipinski definition) is 1. The van der Waals surface area contributed by atoms with Gasteiger partial charge < -0.3 is 10.1 Å². The van der Waals surface area contributed by atoms with Gasteiger partial charge >= 0.3 is 0 Å². The molecule has 0 aliphatic carbocycles. The van der Waals surface area contributed by atoms with Crippen LogP contribution in [0.15, 0.2) is 47.4 Å². The van der Waals surface area contributed by atoms with Gasteiger partial charge in [-0.3, -0.25) is 4.79 Å². The molecule has 1 aromatic heterocycles. The number of rotatable bonds is 6. The van der Waals surface area contributed by atoms with E-state index in [9.17, 15) is 17.6 Å². The molecule has 1 amide bonds. The van der Waals surface area contributed by atoms with Crippen LogP contribution in [0.4, 0.5) is 10.1 Å². The van der Waals surface area contributed by atoms with Gasteiger partial charge in [0.05, 0.1) is 18.1 Å². The van der Waals surface area contributed by atoms with Crippen molar-refractivity contribution in [2.24, 2.45) is 0 Å². The molecule has 0 saturated carbocycles. The Kier molecular flexibility index (Phi) is 6.26. The van der Waals surface area contributed by atoms with Gasteiger partial charge in [-0.15, -0.1) is 10.2 Å². The summed E-state index contributed by atoms with van der Waals surface area (Å²) in [5.41, 5.74) is 1.51. The summed E-state index contributed by atoms with van der Waals surface area (Å²) >= 11 is 0. The lowest BCUT2D eigenvalue weighted by molar-refractivity contribution is -0.117. The summed E-state index contributed by atoms with van der Waals surface area (Å²) in [5, 5.41) is 14.5. The first kappa shape index (κ1) is 22.0. The number of benzene rings is 2. The predicted molar refractivity (Wildman–Crippen MR) is 113 cm³/mol. The molecule has 12 heteroatoms. The fourth-order valence-corrected chi connectivity index (χ4v) is 4.64. The zero-order valence-corrected chi connectivity index (χ0v) is 18.0. The monoisotopic (exact) mass is 460 g/mol. The first-order valence-corrected chi connectivity index (χ1v) is 11.3. The van der Waals surface area contributed by atoms with Crippen LogP contribution in [0.2, 0.25) is 0 Å². The molecule has 168 valence electrons. The lowest BCUT2D eigenvalue weighted by Crippen LogP contribution is -2.40. The van der Waals surface area contributed by atoms with Gasteiger partial charge in [-0.1, -0.05) is 18.2 Å². The van der Waals surface area contributed by atoms with Crippen LogP contribution in [-0.4, -0.2) is 65.1 Å². The molecule has 4 rings (SSSR count). The molecule has 1 N–H and O–H groups in total. The second kappa shape index (κ2) is 9.10. The van der Waals surface area contributed by atoms with Crippen LogP contribution in [-0.2, 0) is 26.1 Å². The number of hydrogen-bond acceptors (Lipinski definition) is 7. The highest BCUT2D eigenvalue weighted by Gasteiger charge is 2.27. The fraction of sp³-hybridized carbons (Fsp3) is 0.300. The van der Waals surface area contributed by atoms with E-state index in [4.69, 9.17) is 4.74 Å². The summed E-state index contributed by atoms with van der Waals surface area (Å²) in [6.07, 6.45) is 0. The van der Waals surface area contributed by atoms with Crippen molar-refractivity contribution in [2.75, 3.05) is 31.6 Å². The lowest BCUT2D eigenvalue weighted by atomic mass is 10.2. The third-order valence-electron chi connectivity index (χ3n) is 4.91. The molecule has 1 saturated heterocycles. The first-order valence-electron chi connectivity index (χ1n) is 9.85. The van der Waals surface area contributed by atoms with Gasteiger partial charge in [-0.25, -0.2) is 12.8 Å². The molecule has 32 heavy (non-hydrogen) atoms. The van der Waals surface area contributed by atoms with Crippen molar-refractivity contribution >= 4 is 21.6 Å². The second-order valence-electron chi connectivity index (χ2n) is 7.20. The molecule has 1 fully saturated rings. The predicted octanol–water partition coefficient (Wildman–Crippen LogP) is 1.45. The van der Waals surface area contributed by atoms with Crippen LogP contribution in [0, 0.1) is 12.7 Å². The minimum atomic E-state index is -3.70. The molecule has 0 bridgehead atoms. The van der Waals surface area contributed by atoms with Gasteiger partial charge in [-0.2, -0.15) is 9.10 Å². The Hall–Kier alpha value is -3.22. The third kappa shape index (κ3) is 4.82. The Balaban J connectivity index is 1.47. The molecule has 10 nitrogen and oxygen atoms in total. The number of sulfonamides is 1. The SMILES string of the molecule is Cc1ccc(S(=O)(=O)N2CCOCC2)cc1NC(=O)Cn1nnc(-c2cccc(F)c2)n1.